The van der Waals surface area contributed by atoms with Crippen molar-refractivity contribution in [3.63, 3.8) is 0 Å². The summed E-state index contributed by atoms with van der Waals surface area (Å²) in [5.41, 5.74) is 0.895. The molecular weight excluding hydrogens is 344 g/mol. The van der Waals surface area contributed by atoms with Crippen LogP contribution < -0.4 is 20.1 Å². The summed E-state index contributed by atoms with van der Waals surface area (Å²) in [5, 5.41) is 5.63. The molecule has 0 aliphatic heterocycles. The van der Waals surface area contributed by atoms with E-state index in [0.29, 0.717) is 35.7 Å². The maximum Gasteiger partial charge on any atom is 0.265 e. The monoisotopic (exact) mass is 370 g/mol. The summed E-state index contributed by atoms with van der Waals surface area (Å²) in [7, 11) is 1.59. The number of methoxy groups -OCH3 is 1. The van der Waals surface area contributed by atoms with Crippen LogP contribution in [0.3, 0.4) is 0 Å². The Morgan fingerprint density at radius 2 is 1.67 bits per heavy atom. The average molecular weight is 370 g/mol. The molecule has 27 heavy (non-hydrogen) atoms. The van der Waals surface area contributed by atoms with Crippen LogP contribution in [0.25, 0.3) is 0 Å². The molecule has 6 heteroatoms. The van der Waals surface area contributed by atoms with Crippen molar-refractivity contribution in [3.8, 4) is 11.5 Å². The standard InChI is InChI=1S/C21H26N2O4/c1-4-14-22-20(24)17-8-6-7-9-18(17)23-21(25)19(5-2)27-16-12-10-15(26-3)11-13-16/h6-13,19H,4-5,14H2,1-3H3,(H,22,24)(H,23,25). The van der Waals surface area contributed by atoms with Gasteiger partial charge in [0.05, 0.1) is 18.4 Å². The van der Waals surface area contributed by atoms with Gasteiger partial charge >= 0.3 is 0 Å². The van der Waals surface area contributed by atoms with Crippen molar-refractivity contribution in [3.05, 3.63) is 54.1 Å². The lowest BCUT2D eigenvalue weighted by molar-refractivity contribution is -0.122. The third-order valence-corrected chi connectivity index (χ3v) is 3.97. The second-order valence-electron chi connectivity index (χ2n) is 5.98. The highest BCUT2D eigenvalue weighted by Crippen LogP contribution is 2.20. The first-order valence-electron chi connectivity index (χ1n) is 9.07. The van der Waals surface area contributed by atoms with Gasteiger partial charge in [0.2, 0.25) is 0 Å². The number of benzene rings is 2. The van der Waals surface area contributed by atoms with Gasteiger partial charge in [-0.05, 0) is 49.2 Å². The highest BCUT2D eigenvalue weighted by molar-refractivity contribution is 6.04. The molecular formula is C21H26N2O4. The molecule has 144 valence electrons. The van der Waals surface area contributed by atoms with E-state index in [1.807, 2.05) is 13.8 Å². The summed E-state index contributed by atoms with van der Waals surface area (Å²) in [4.78, 5) is 25.0. The van der Waals surface area contributed by atoms with Gasteiger partial charge < -0.3 is 20.1 Å². The molecule has 0 saturated heterocycles. The lowest BCUT2D eigenvalue weighted by Crippen LogP contribution is -2.33. The molecule has 1 atom stereocenters. The number of para-hydroxylation sites is 1. The molecule has 0 heterocycles. The summed E-state index contributed by atoms with van der Waals surface area (Å²) in [6, 6.07) is 14.0. The molecule has 2 aromatic rings. The van der Waals surface area contributed by atoms with Crippen LogP contribution in [-0.4, -0.2) is 31.6 Å². The first kappa shape index (κ1) is 20.3. The number of hydrogen-bond acceptors (Lipinski definition) is 4. The van der Waals surface area contributed by atoms with Crippen molar-refractivity contribution in [1.29, 1.82) is 0 Å². The van der Waals surface area contributed by atoms with Crippen LogP contribution in [0.2, 0.25) is 0 Å². The molecule has 2 amide bonds. The SMILES string of the molecule is CCCNC(=O)c1ccccc1NC(=O)C(CC)Oc1ccc(OC)cc1. The molecule has 2 N–H and O–H groups in total. The minimum atomic E-state index is -0.676. The van der Waals surface area contributed by atoms with Crippen LogP contribution in [0.15, 0.2) is 48.5 Å². The largest absolute Gasteiger partial charge is 0.497 e. The fourth-order valence-corrected chi connectivity index (χ4v) is 2.48. The topological polar surface area (TPSA) is 76.7 Å². The van der Waals surface area contributed by atoms with E-state index in [0.717, 1.165) is 6.42 Å². The summed E-state index contributed by atoms with van der Waals surface area (Å²) in [5.74, 6) is 0.777. The van der Waals surface area contributed by atoms with Gasteiger partial charge in [0.15, 0.2) is 6.10 Å². The molecule has 2 rings (SSSR count). The number of carbonyl (C=O) groups is 2. The number of ether oxygens (including phenoxy) is 2. The lowest BCUT2D eigenvalue weighted by Gasteiger charge is -2.18. The molecule has 2 aromatic carbocycles. The van der Waals surface area contributed by atoms with Gasteiger partial charge in [-0.15, -0.1) is 0 Å². The fraction of sp³-hybridized carbons (Fsp3) is 0.333. The molecule has 1 unspecified atom stereocenters. The van der Waals surface area contributed by atoms with Gasteiger partial charge in [-0.1, -0.05) is 26.0 Å². The van der Waals surface area contributed by atoms with E-state index in [1.54, 1.807) is 55.6 Å². The summed E-state index contributed by atoms with van der Waals surface area (Å²) in [6.45, 7) is 4.43. The zero-order chi connectivity index (χ0) is 19.6. The van der Waals surface area contributed by atoms with Gasteiger partial charge in [0.1, 0.15) is 11.5 Å². The van der Waals surface area contributed by atoms with Crippen molar-refractivity contribution in [2.45, 2.75) is 32.8 Å². The van der Waals surface area contributed by atoms with Gasteiger partial charge in [-0.2, -0.15) is 0 Å². The van der Waals surface area contributed by atoms with Crippen molar-refractivity contribution in [2.24, 2.45) is 0 Å². The third kappa shape index (κ3) is 5.74. The van der Waals surface area contributed by atoms with Gasteiger partial charge in [0.25, 0.3) is 11.8 Å². The molecule has 0 fully saturated rings. The molecule has 0 radical (unpaired) electrons. The maximum atomic E-state index is 12.7. The number of rotatable bonds is 9. The Kier molecular flexibility index (Phi) is 7.67. The van der Waals surface area contributed by atoms with E-state index in [-0.39, 0.29) is 11.8 Å². The van der Waals surface area contributed by atoms with E-state index in [1.165, 1.54) is 0 Å². The second kappa shape index (κ2) is 10.2. The average Bonchev–Trinajstić information content (AvgIpc) is 2.70. The zero-order valence-corrected chi connectivity index (χ0v) is 16.0. The number of anilines is 1. The molecule has 0 saturated carbocycles. The van der Waals surface area contributed by atoms with Crippen molar-refractivity contribution >= 4 is 17.5 Å². The molecule has 0 aliphatic carbocycles. The number of carbonyl (C=O) groups excluding carboxylic acids is 2. The van der Waals surface area contributed by atoms with Crippen LogP contribution in [-0.2, 0) is 4.79 Å². The summed E-state index contributed by atoms with van der Waals surface area (Å²) >= 11 is 0. The minimum Gasteiger partial charge on any atom is -0.497 e. The quantitative estimate of drug-likeness (QED) is 0.707. The van der Waals surface area contributed by atoms with Crippen molar-refractivity contribution in [1.82, 2.24) is 5.32 Å². The van der Waals surface area contributed by atoms with Crippen LogP contribution in [0, 0.1) is 0 Å². The Morgan fingerprint density at radius 3 is 2.30 bits per heavy atom. The smallest absolute Gasteiger partial charge is 0.265 e. The second-order valence-corrected chi connectivity index (χ2v) is 5.98. The van der Waals surface area contributed by atoms with Crippen LogP contribution in [0.5, 0.6) is 11.5 Å². The normalized spacial score (nSPS) is 11.4. The zero-order valence-electron chi connectivity index (χ0n) is 16.0. The highest BCUT2D eigenvalue weighted by Gasteiger charge is 2.21. The maximum absolute atomic E-state index is 12.7. The van der Waals surface area contributed by atoms with E-state index in [2.05, 4.69) is 10.6 Å². The predicted octanol–water partition coefficient (Wildman–Crippen LogP) is 3.63. The Balaban J connectivity index is 2.08. The van der Waals surface area contributed by atoms with E-state index in [9.17, 15) is 9.59 Å². The number of amides is 2. The van der Waals surface area contributed by atoms with Crippen molar-refractivity contribution < 1.29 is 19.1 Å². The van der Waals surface area contributed by atoms with Crippen LogP contribution >= 0.6 is 0 Å². The Morgan fingerprint density at radius 1 is 1.00 bits per heavy atom. The predicted molar refractivity (Wildman–Crippen MR) is 105 cm³/mol. The fourth-order valence-electron chi connectivity index (χ4n) is 2.48. The minimum absolute atomic E-state index is 0.211. The number of nitrogens with one attached hydrogen (secondary N) is 2. The molecule has 0 aromatic heterocycles. The van der Waals surface area contributed by atoms with Crippen molar-refractivity contribution in [2.75, 3.05) is 19.0 Å². The number of hydrogen-bond donors (Lipinski definition) is 2. The highest BCUT2D eigenvalue weighted by atomic mass is 16.5. The van der Waals surface area contributed by atoms with Crippen LogP contribution in [0.4, 0.5) is 5.69 Å². The summed E-state index contributed by atoms with van der Waals surface area (Å²) in [6.07, 6.45) is 0.654. The van der Waals surface area contributed by atoms with E-state index in [4.69, 9.17) is 9.47 Å². The van der Waals surface area contributed by atoms with Gasteiger partial charge in [-0.3, -0.25) is 9.59 Å². The third-order valence-electron chi connectivity index (χ3n) is 3.97. The Bertz CT molecular complexity index is 759. The molecule has 0 bridgehead atoms. The lowest BCUT2D eigenvalue weighted by atomic mass is 10.1. The Hall–Kier alpha value is -3.02. The van der Waals surface area contributed by atoms with E-state index >= 15 is 0 Å². The van der Waals surface area contributed by atoms with Gasteiger partial charge in [-0.25, -0.2) is 0 Å². The summed E-state index contributed by atoms with van der Waals surface area (Å²) < 4.78 is 10.9. The van der Waals surface area contributed by atoms with Gasteiger partial charge in [0, 0.05) is 6.54 Å². The van der Waals surface area contributed by atoms with Crippen LogP contribution in [0.1, 0.15) is 37.0 Å². The molecule has 0 spiro atoms. The first-order valence-corrected chi connectivity index (χ1v) is 9.07. The molecule has 6 nitrogen and oxygen atoms in total. The first-order chi connectivity index (χ1) is 13.1. The Labute approximate surface area is 159 Å². The van der Waals surface area contributed by atoms with E-state index < -0.39 is 6.10 Å². The molecule has 0 aliphatic rings.